The fourth-order valence-electron chi connectivity index (χ4n) is 4.32. The van der Waals surface area contributed by atoms with Gasteiger partial charge >= 0.3 is 5.97 Å². The Labute approximate surface area is 187 Å². The first-order chi connectivity index (χ1) is 15.1. The number of rotatable bonds is 8. The number of carbonyl (C=O) groups is 1. The predicted octanol–water partition coefficient (Wildman–Crippen LogP) is 5.78. The molecule has 1 aliphatic carbocycles. The van der Waals surface area contributed by atoms with E-state index in [-0.39, 0.29) is 6.61 Å². The second-order valence-electron chi connectivity index (χ2n) is 8.28. The molecule has 6 heteroatoms. The largest absolute Gasteiger partial charge is 0.480 e. The number of ether oxygens (including phenoxy) is 1. The van der Waals surface area contributed by atoms with Crippen LogP contribution in [0.2, 0.25) is 5.02 Å². The molecule has 1 N–H and O–H groups in total. The molecule has 2 aromatic carbocycles. The minimum Gasteiger partial charge on any atom is -0.480 e. The van der Waals surface area contributed by atoms with Gasteiger partial charge in [0.25, 0.3) is 0 Å². The second-order valence-corrected chi connectivity index (χ2v) is 8.72. The Bertz CT molecular complexity index is 993. The van der Waals surface area contributed by atoms with Crippen LogP contribution >= 0.6 is 11.6 Å². The summed E-state index contributed by atoms with van der Waals surface area (Å²) in [6.45, 7) is 1.22. The van der Waals surface area contributed by atoms with E-state index in [0.29, 0.717) is 18.4 Å². The third-order valence-corrected chi connectivity index (χ3v) is 6.21. The van der Waals surface area contributed by atoms with Gasteiger partial charge in [0.05, 0.1) is 6.61 Å². The molecule has 1 fully saturated rings. The zero-order valence-corrected chi connectivity index (χ0v) is 18.2. The normalized spacial score (nSPS) is 18.7. The topological polar surface area (TPSA) is 64.3 Å². The Hall–Kier alpha value is -2.63. The van der Waals surface area contributed by atoms with Gasteiger partial charge in [-0.3, -0.25) is 4.68 Å². The summed E-state index contributed by atoms with van der Waals surface area (Å²) in [5.41, 5.74) is 4.30. The Morgan fingerprint density at radius 2 is 1.68 bits per heavy atom. The molecule has 0 radical (unpaired) electrons. The van der Waals surface area contributed by atoms with Crippen LogP contribution in [0.1, 0.15) is 25.7 Å². The van der Waals surface area contributed by atoms with Crippen LogP contribution < -0.4 is 0 Å². The second kappa shape index (κ2) is 10.1. The van der Waals surface area contributed by atoms with Gasteiger partial charge in [-0.05, 0) is 55.2 Å². The molecule has 1 aromatic heterocycles. The van der Waals surface area contributed by atoms with Crippen LogP contribution in [0.5, 0.6) is 0 Å². The summed E-state index contributed by atoms with van der Waals surface area (Å²) in [6, 6.07) is 18.2. The number of aromatic nitrogens is 2. The van der Waals surface area contributed by atoms with Crippen molar-refractivity contribution in [3.63, 3.8) is 0 Å². The van der Waals surface area contributed by atoms with Crippen molar-refractivity contribution in [2.75, 3.05) is 13.2 Å². The van der Waals surface area contributed by atoms with Crippen molar-refractivity contribution in [2.24, 2.45) is 11.8 Å². The molecule has 0 bridgehead atoms. The highest BCUT2D eigenvalue weighted by Crippen LogP contribution is 2.34. The smallest absolute Gasteiger partial charge is 0.329 e. The van der Waals surface area contributed by atoms with E-state index in [1.165, 1.54) is 0 Å². The lowest BCUT2D eigenvalue weighted by Gasteiger charge is -2.28. The molecule has 3 aromatic rings. The first kappa shape index (κ1) is 21.6. The van der Waals surface area contributed by atoms with Crippen molar-refractivity contribution in [2.45, 2.75) is 32.2 Å². The van der Waals surface area contributed by atoms with Crippen LogP contribution in [0.15, 0.2) is 60.8 Å². The van der Waals surface area contributed by atoms with Gasteiger partial charge in [-0.15, -0.1) is 0 Å². The maximum absolute atomic E-state index is 10.6. The van der Waals surface area contributed by atoms with E-state index in [9.17, 15) is 4.79 Å². The van der Waals surface area contributed by atoms with E-state index in [1.807, 2.05) is 42.5 Å². The third-order valence-electron chi connectivity index (χ3n) is 5.95. The van der Waals surface area contributed by atoms with E-state index in [1.54, 1.807) is 0 Å². The number of benzene rings is 2. The molecule has 0 atom stereocenters. The maximum Gasteiger partial charge on any atom is 0.329 e. The minimum absolute atomic E-state index is 0.205. The molecule has 5 nitrogen and oxygen atoms in total. The van der Waals surface area contributed by atoms with Crippen molar-refractivity contribution >= 4 is 17.6 Å². The Morgan fingerprint density at radius 3 is 2.35 bits per heavy atom. The average molecular weight is 439 g/mol. The molecule has 0 saturated heterocycles. The van der Waals surface area contributed by atoms with Gasteiger partial charge in [-0.25, -0.2) is 4.79 Å². The molecule has 31 heavy (non-hydrogen) atoms. The summed E-state index contributed by atoms with van der Waals surface area (Å²) in [5, 5.41) is 14.4. The maximum atomic E-state index is 10.6. The number of hydrogen-bond acceptors (Lipinski definition) is 3. The third kappa shape index (κ3) is 5.75. The zero-order valence-electron chi connectivity index (χ0n) is 17.4. The minimum atomic E-state index is -0.905. The SMILES string of the molecule is O=C(O)COC[C@H]1CC[C@H](Cn2cc(-c3ccc(Cl)cc3)c(-c3ccccc3)n2)CC1. The van der Waals surface area contributed by atoms with Crippen LogP contribution in [0.3, 0.4) is 0 Å². The molecule has 1 aliphatic rings. The van der Waals surface area contributed by atoms with E-state index in [2.05, 4.69) is 23.0 Å². The summed E-state index contributed by atoms with van der Waals surface area (Å²) >= 11 is 6.09. The van der Waals surface area contributed by atoms with Gasteiger partial charge in [0.2, 0.25) is 0 Å². The van der Waals surface area contributed by atoms with Crippen LogP contribution in [0.4, 0.5) is 0 Å². The number of aliphatic carboxylic acids is 1. The summed E-state index contributed by atoms with van der Waals surface area (Å²) < 4.78 is 7.37. The Morgan fingerprint density at radius 1 is 1.00 bits per heavy atom. The summed E-state index contributed by atoms with van der Waals surface area (Å²) in [6.07, 6.45) is 6.51. The average Bonchev–Trinajstić information content (AvgIpc) is 3.19. The number of halogens is 1. The van der Waals surface area contributed by atoms with Gasteiger partial charge < -0.3 is 9.84 Å². The molecule has 1 saturated carbocycles. The number of nitrogens with zero attached hydrogens (tertiary/aromatic N) is 2. The van der Waals surface area contributed by atoms with Gasteiger partial charge in [0, 0.05) is 28.9 Å². The molecule has 0 amide bonds. The van der Waals surface area contributed by atoms with Gasteiger partial charge in [0.1, 0.15) is 12.3 Å². The van der Waals surface area contributed by atoms with Crippen LogP contribution in [-0.4, -0.2) is 34.1 Å². The van der Waals surface area contributed by atoms with Crippen LogP contribution in [0, 0.1) is 11.8 Å². The molecular weight excluding hydrogens is 412 g/mol. The van der Waals surface area contributed by atoms with E-state index >= 15 is 0 Å². The molecular formula is C25H27ClN2O3. The highest BCUT2D eigenvalue weighted by atomic mass is 35.5. The molecule has 4 rings (SSSR count). The first-order valence-corrected chi connectivity index (χ1v) is 11.1. The van der Waals surface area contributed by atoms with Crippen molar-refractivity contribution in [3.05, 3.63) is 65.8 Å². The van der Waals surface area contributed by atoms with Crippen molar-refractivity contribution in [3.8, 4) is 22.4 Å². The van der Waals surface area contributed by atoms with Crippen molar-refractivity contribution in [1.29, 1.82) is 0 Å². The monoisotopic (exact) mass is 438 g/mol. The lowest BCUT2D eigenvalue weighted by Crippen LogP contribution is -2.23. The highest BCUT2D eigenvalue weighted by molar-refractivity contribution is 6.30. The number of carboxylic acids is 1. The zero-order chi connectivity index (χ0) is 21.6. The first-order valence-electron chi connectivity index (χ1n) is 10.8. The fourth-order valence-corrected chi connectivity index (χ4v) is 4.45. The predicted molar refractivity (Wildman–Crippen MR) is 122 cm³/mol. The van der Waals surface area contributed by atoms with Crippen LogP contribution in [0.25, 0.3) is 22.4 Å². The van der Waals surface area contributed by atoms with Gasteiger partial charge in [0.15, 0.2) is 0 Å². The lowest BCUT2D eigenvalue weighted by molar-refractivity contribution is -0.142. The van der Waals surface area contributed by atoms with Gasteiger partial charge in [-0.1, -0.05) is 54.1 Å². The Kier molecular flexibility index (Phi) is 7.05. The highest BCUT2D eigenvalue weighted by Gasteiger charge is 2.23. The van der Waals surface area contributed by atoms with Crippen LogP contribution in [-0.2, 0) is 16.1 Å². The van der Waals surface area contributed by atoms with E-state index in [0.717, 1.165) is 59.6 Å². The van der Waals surface area contributed by atoms with Crippen molar-refractivity contribution < 1.29 is 14.6 Å². The summed E-state index contributed by atoms with van der Waals surface area (Å²) in [7, 11) is 0. The van der Waals surface area contributed by atoms with E-state index in [4.69, 9.17) is 26.5 Å². The quantitative estimate of drug-likeness (QED) is 0.484. The number of hydrogen-bond donors (Lipinski definition) is 1. The van der Waals surface area contributed by atoms with Crippen molar-refractivity contribution in [1.82, 2.24) is 9.78 Å². The van der Waals surface area contributed by atoms with E-state index < -0.39 is 5.97 Å². The Balaban J connectivity index is 1.46. The molecule has 1 heterocycles. The lowest BCUT2D eigenvalue weighted by atomic mass is 9.82. The van der Waals surface area contributed by atoms with Gasteiger partial charge in [-0.2, -0.15) is 5.10 Å². The molecule has 0 aliphatic heterocycles. The summed E-state index contributed by atoms with van der Waals surface area (Å²) in [4.78, 5) is 10.6. The number of carboxylic acid groups (broad SMARTS) is 1. The molecule has 162 valence electrons. The summed E-state index contributed by atoms with van der Waals surface area (Å²) in [5.74, 6) is 0.119. The molecule has 0 unspecified atom stereocenters. The standard InChI is InChI=1S/C25H27ClN2O3/c26-22-12-10-20(11-13-22)23-15-28(27-25(23)21-4-2-1-3-5-21)14-18-6-8-19(9-7-18)16-31-17-24(29)30/h1-5,10-13,15,18-19H,6-9,14,16-17H2,(H,29,30)/t18-,19-. The molecule has 0 spiro atoms. The fraction of sp³-hybridized carbons (Fsp3) is 0.360.